The number of carbonyl (C=O) groups is 3. The van der Waals surface area contributed by atoms with E-state index in [1.54, 1.807) is 53.1 Å². The van der Waals surface area contributed by atoms with E-state index in [0.717, 1.165) is 4.90 Å². The van der Waals surface area contributed by atoms with Crippen molar-refractivity contribution in [1.29, 1.82) is 0 Å². The lowest BCUT2D eigenvalue weighted by molar-refractivity contribution is 0.0655. The third-order valence-electron chi connectivity index (χ3n) is 6.97. The highest BCUT2D eigenvalue weighted by Crippen LogP contribution is 2.34. The van der Waals surface area contributed by atoms with Gasteiger partial charge in [-0.25, -0.2) is 17.9 Å². The molecule has 0 bridgehead atoms. The molecular weight excluding hydrogens is 588 g/mol. The normalized spacial score (nSPS) is 18.6. The van der Waals surface area contributed by atoms with Crippen molar-refractivity contribution in [3.63, 3.8) is 0 Å². The molecule has 0 spiro atoms. The summed E-state index contributed by atoms with van der Waals surface area (Å²) >= 11 is 1.60. The first-order valence-electron chi connectivity index (χ1n) is 13.9. The molecule has 5 rings (SSSR count). The van der Waals surface area contributed by atoms with Gasteiger partial charge in [-0.3, -0.25) is 14.5 Å². The lowest BCUT2D eigenvalue weighted by atomic mass is 10.1. The van der Waals surface area contributed by atoms with Crippen molar-refractivity contribution in [2.45, 2.75) is 41.7 Å². The third-order valence-corrected chi connectivity index (χ3v) is 9.96. The number of para-hydroxylation sites is 1. The van der Waals surface area contributed by atoms with Gasteiger partial charge in [-0.05, 0) is 48.5 Å². The van der Waals surface area contributed by atoms with E-state index in [1.807, 2.05) is 51.1 Å². The Bertz CT molecular complexity index is 1570. The second-order valence-corrected chi connectivity index (χ2v) is 15.1. The van der Waals surface area contributed by atoms with Crippen molar-refractivity contribution < 1.29 is 27.5 Å². The van der Waals surface area contributed by atoms with Crippen LogP contribution in [0.2, 0.25) is 0 Å². The quantitative estimate of drug-likeness (QED) is 0.340. The third kappa shape index (κ3) is 7.20. The van der Waals surface area contributed by atoms with Gasteiger partial charge < -0.3 is 15.0 Å². The second-order valence-electron chi connectivity index (χ2n) is 11.3. The summed E-state index contributed by atoms with van der Waals surface area (Å²) in [4.78, 5) is 41.1. The van der Waals surface area contributed by atoms with Gasteiger partial charge >= 0.3 is 6.03 Å². The van der Waals surface area contributed by atoms with E-state index >= 15 is 0 Å². The molecule has 0 aliphatic carbocycles. The zero-order chi connectivity index (χ0) is 30.8. The molecule has 226 valence electrons. The van der Waals surface area contributed by atoms with Gasteiger partial charge in [-0.2, -0.15) is 0 Å². The molecule has 2 heterocycles. The molecule has 2 aliphatic rings. The average molecular weight is 623 g/mol. The number of hydrogen-bond acceptors (Lipinski definition) is 7. The van der Waals surface area contributed by atoms with Gasteiger partial charge in [0.15, 0.2) is 0 Å². The maximum absolute atomic E-state index is 13.4. The minimum Gasteiger partial charge on any atom is -0.457 e. The largest absolute Gasteiger partial charge is 0.457 e. The summed E-state index contributed by atoms with van der Waals surface area (Å²) in [6.07, 6.45) is 0. The summed E-state index contributed by atoms with van der Waals surface area (Å²) < 4.78 is 35.1. The monoisotopic (exact) mass is 622 g/mol. The summed E-state index contributed by atoms with van der Waals surface area (Å²) in [6.45, 7) is 6.73. The van der Waals surface area contributed by atoms with E-state index in [1.165, 1.54) is 12.1 Å². The Hall–Kier alpha value is -3.87. The Morgan fingerprint density at radius 2 is 1.47 bits per heavy atom. The summed E-state index contributed by atoms with van der Waals surface area (Å²) in [7, 11) is -3.90. The molecule has 0 aromatic heterocycles. The Morgan fingerprint density at radius 1 is 0.884 bits per heavy atom. The summed E-state index contributed by atoms with van der Waals surface area (Å²) in [5.41, 5.74) is 0.711. The van der Waals surface area contributed by atoms with Gasteiger partial charge in [-0.1, -0.05) is 51.1 Å². The van der Waals surface area contributed by atoms with Gasteiger partial charge in [0.2, 0.25) is 10.0 Å². The van der Waals surface area contributed by atoms with Crippen molar-refractivity contribution >= 4 is 39.6 Å². The molecule has 0 saturated carbocycles. The van der Waals surface area contributed by atoms with Crippen LogP contribution in [0.15, 0.2) is 83.8 Å². The Kier molecular flexibility index (Phi) is 8.81. The number of imide groups is 1. The average Bonchev–Trinajstić information content (AvgIpc) is 3.45. The number of benzene rings is 3. The zero-order valence-electron chi connectivity index (χ0n) is 24.1. The number of nitrogens with one attached hydrogen (secondary N) is 2. The van der Waals surface area contributed by atoms with Crippen LogP contribution in [-0.2, 0) is 10.0 Å². The molecule has 1 saturated heterocycles. The lowest BCUT2D eigenvalue weighted by Crippen LogP contribution is -2.45. The van der Waals surface area contributed by atoms with E-state index in [4.69, 9.17) is 4.74 Å². The fraction of sp³-hybridized carbons (Fsp3) is 0.323. The number of rotatable bonds is 9. The first-order valence-corrected chi connectivity index (χ1v) is 16.3. The molecule has 2 atom stereocenters. The van der Waals surface area contributed by atoms with Crippen molar-refractivity contribution in [3.8, 4) is 11.5 Å². The number of amides is 4. The van der Waals surface area contributed by atoms with Crippen molar-refractivity contribution in [3.05, 3.63) is 90.0 Å². The topological polar surface area (TPSA) is 125 Å². The van der Waals surface area contributed by atoms with Crippen LogP contribution in [0.1, 0.15) is 41.5 Å². The number of sulfonamides is 1. The van der Waals surface area contributed by atoms with Crippen molar-refractivity contribution in [2.24, 2.45) is 0 Å². The maximum Gasteiger partial charge on any atom is 0.317 e. The predicted molar refractivity (Wildman–Crippen MR) is 165 cm³/mol. The molecule has 3 aromatic rings. The molecule has 2 unspecified atom stereocenters. The number of hydrogen-bond donors (Lipinski definition) is 2. The van der Waals surface area contributed by atoms with E-state index < -0.39 is 16.1 Å². The lowest BCUT2D eigenvalue weighted by Gasteiger charge is -2.26. The Balaban J connectivity index is 1.20. The fourth-order valence-corrected chi connectivity index (χ4v) is 7.87. The highest BCUT2D eigenvalue weighted by Gasteiger charge is 2.40. The number of carbonyl (C=O) groups excluding carboxylic acids is 3. The molecule has 4 amide bonds. The van der Waals surface area contributed by atoms with Gasteiger partial charge in [0.1, 0.15) is 11.5 Å². The highest BCUT2D eigenvalue weighted by atomic mass is 32.2. The van der Waals surface area contributed by atoms with Crippen LogP contribution in [-0.4, -0.2) is 78.3 Å². The number of urea groups is 1. The van der Waals surface area contributed by atoms with Crippen molar-refractivity contribution in [1.82, 2.24) is 19.8 Å². The number of likely N-dealkylation sites (tertiary alicyclic amines) is 1. The number of fused-ring (bicyclic) bond motifs is 1. The molecule has 12 heteroatoms. The van der Waals surface area contributed by atoms with E-state index in [-0.39, 0.29) is 52.4 Å². The summed E-state index contributed by atoms with van der Waals surface area (Å²) in [5.74, 6) is 0.390. The number of ether oxygens (including phenoxy) is 1. The zero-order valence-corrected chi connectivity index (χ0v) is 25.8. The first kappa shape index (κ1) is 30.6. The first-order chi connectivity index (χ1) is 20.4. The molecule has 10 nitrogen and oxygen atoms in total. The minimum atomic E-state index is -3.90. The smallest absolute Gasteiger partial charge is 0.317 e. The minimum absolute atomic E-state index is 0.0339. The summed E-state index contributed by atoms with van der Waals surface area (Å²) in [5, 5.41) is 2.59. The molecule has 2 N–H and O–H groups in total. The molecule has 0 radical (unpaired) electrons. The van der Waals surface area contributed by atoms with E-state index in [2.05, 4.69) is 10.0 Å². The SMILES string of the molecule is CC(C)(C)SC1CN(C(=O)NCCN2C(=O)c3ccccc3C2=O)CC1NS(=O)(=O)c1ccc(Oc2ccccc2)cc1. The van der Waals surface area contributed by atoms with Crippen LogP contribution >= 0.6 is 11.8 Å². The van der Waals surface area contributed by atoms with Gasteiger partial charge in [0.05, 0.1) is 22.1 Å². The Morgan fingerprint density at radius 3 is 2.07 bits per heavy atom. The predicted octanol–water partition coefficient (Wildman–Crippen LogP) is 4.35. The van der Waals surface area contributed by atoms with Crippen LogP contribution in [0.4, 0.5) is 4.79 Å². The number of thioether (sulfide) groups is 1. The van der Waals surface area contributed by atoms with Crippen LogP contribution in [0, 0.1) is 0 Å². The second kappa shape index (κ2) is 12.4. The van der Waals surface area contributed by atoms with Gasteiger partial charge in [0, 0.05) is 36.2 Å². The van der Waals surface area contributed by atoms with Crippen molar-refractivity contribution in [2.75, 3.05) is 26.2 Å². The van der Waals surface area contributed by atoms with Crippen LogP contribution in [0.3, 0.4) is 0 Å². The maximum atomic E-state index is 13.4. The summed E-state index contributed by atoms with van der Waals surface area (Å²) in [6, 6.07) is 21.1. The molecule has 43 heavy (non-hydrogen) atoms. The highest BCUT2D eigenvalue weighted by molar-refractivity contribution is 8.01. The van der Waals surface area contributed by atoms with E-state index in [0.29, 0.717) is 29.2 Å². The molecule has 3 aromatic carbocycles. The van der Waals surface area contributed by atoms with Crippen LogP contribution < -0.4 is 14.8 Å². The number of nitrogens with zero attached hydrogens (tertiary/aromatic N) is 2. The van der Waals surface area contributed by atoms with Gasteiger partial charge in [0.25, 0.3) is 11.8 Å². The standard InChI is InChI=1S/C31H34N4O6S2/c1-31(2,3)42-27-20-34(30(38)32-17-18-35-28(36)24-11-7-8-12-25(24)29(35)37)19-26(27)33-43(39,40)23-15-13-22(14-16-23)41-21-9-5-4-6-10-21/h4-16,26-27,33H,17-20H2,1-3H3,(H,32,38). The fourth-order valence-electron chi connectivity index (χ4n) is 5.03. The van der Waals surface area contributed by atoms with Gasteiger partial charge in [-0.15, -0.1) is 11.8 Å². The Labute approximate surface area is 255 Å². The molecule has 1 fully saturated rings. The molecule has 2 aliphatic heterocycles. The molecular formula is C31H34N4O6S2. The van der Waals surface area contributed by atoms with E-state index in [9.17, 15) is 22.8 Å². The van der Waals surface area contributed by atoms with Crippen LogP contribution in [0.5, 0.6) is 11.5 Å². The van der Waals surface area contributed by atoms with Crippen LogP contribution in [0.25, 0.3) is 0 Å².